The molecule has 2 heterocycles. The average molecular weight is 220 g/mol. The van der Waals surface area contributed by atoms with E-state index in [4.69, 9.17) is 4.74 Å². The number of aryl methyl sites for hydroxylation is 1. The van der Waals surface area contributed by atoms with Gasteiger partial charge in [-0.05, 0) is 37.8 Å². The van der Waals surface area contributed by atoms with E-state index in [1.54, 1.807) is 0 Å². The number of nitrogens with zero attached hydrogens (tertiary/aromatic N) is 1. The molecule has 0 aromatic carbocycles. The third-order valence-corrected chi connectivity index (χ3v) is 2.92. The molecule has 88 valence electrons. The van der Waals surface area contributed by atoms with E-state index in [2.05, 4.69) is 29.4 Å². The summed E-state index contributed by atoms with van der Waals surface area (Å²) in [6.07, 6.45) is 6.02. The Hall–Kier alpha value is -0.930. The predicted molar refractivity (Wildman–Crippen MR) is 64.3 cm³/mol. The first kappa shape index (κ1) is 11.6. The second-order valence-electron chi connectivity index (χ2n) is 4.45. The van der Waals surface area contributed by atoms with Crippen LogP contribution < -0.4 is 5.32 Å². The summed E-state index contributed by atoms with van der Waals surface area (Å²) in [4.78, 5) is 4.36. The Balaban J connectivity index is 1.69. The average Bonchev–Trinajstić information content (AvgIpc) is 2.33. The number of pyridine rings is 1. The minimum atomic E-state index is 0.402. The van der Waals surface area contributed by atoms with Crippen molar-refractivity contribution in [3.05, 3.63) is 29.6 Å². The van der Waals surface area contributed by atoms with Gasteiger partial charge in [-0.1, -0.05) is 6.07 Å². The van der Waals surface area contributed by atoms with E-state index in [-0.39, 0.29) is 0 Å². The Morgan fingerprint density at radius 1 is 1.44 bits per heavy atom. The molecule has 1 fully saturated rings. The summed E-state index contributed by atoms with van der Waals surface area (Å²) in [6, 6.07) is 4.17. The van der Waals surface area contributed by atoms with Gasteiger partial charge in [-0.2, -0.15) is 0 Å². The number of nitrogens with one attached hydrogen (secondary N) is 1. The first-order valence-corrected chi connectivity index (χ1v) is 6.08. The molecular weight excluding hydrogens is 200 g/mol. The third-order valence-electron chi connectivity index (χ3n) is 2.92. The van der Waals surface area contributed by atoms with E-state index in [0.29, 0.717) is 6.10 Å². The smallest absolute Gasteiger partial charge is 0.0699 e. The lowest BCUT2D eigenvalue weighted by Gasteiger charge is -2.22. The van der Waals surface area contributed by atoms with Crippen LogP contribution in [-0.2, 0) is 11.3 Å². The Morgan fingerprint density at radius 3 is 3.06 bits per heavy atom. The van der Waals surface area contributed by atoms with E-state index in [1.165, 1.54) is 24.8 Å². The first-order chi connectivity index (χ1) is 7.84. The zero-order chi connectivity index (χ0) is 11.2. The molecule has 1 atom stereocenters. The highest BCUT2D eigenvalue weighted by molar-refractivity contribution is 5.11. The van der Waals surface area contributed by atoms with Crippen LogP contribution in [0.3, 0.4) is 0 Å². The van der Waals surface area contributed by atoms with Crippen molar-refractivity contribution in [3.8, 4) is 0 Å². The number of rotatable bonds is 4. The largest absolute Gasteiger partial charge is 0.377 e. The summed E-state index contributed by atoms with van der Waals surface area (Å²) in [5.41, 5.74) is 2.31. The monoisotopic (exact) mass is 220 g/mol. The topological polar surface area (TPSA) is 34.1 Å². The third kappa shape index (κ3) is 3.58. The van der Waals surface area contributed by atoms with Gasteiger partial charge < -0.3 is 10.1 Å². The lowest BCUT2D eigenvalue weighted by atomic mass is 10.1. The summed E-state index contributed by atoms with van der Waals surface area (Å²) < 4.78 is 5.65. The first-order valence-electron chi connectivity index (χ1n) is 6.08. The number of hydrogen-bond donors (Lipinski definition) is 1. The Labute approximate surface area is 97.2 Å². The van der Waals surface area contributed by atoms with Gasteiger partial charge in [0.05, 0.1) is 11.8 Å². The minimum Gasteiger partial charge on any atom is -0.377 e. The van der Waals surface area contributed by atoms with Crippen LogP contribution in [0.2, 0.25) is 0 Å². The van der Waals surface area contributed by atoms with Crippen LogP contribution in [0.15, 0.2) is 18.3 Å². The number of hydrogen-bond acceptors (Lipinski definition) is 3. The quantitative estimate of drug-likeness (QED) is 0.843. The lowest BCUT2D eigenvalue weighted by Crippen LogP contribution is -2.31. The fourth-order valence-electron chi connectivity index (χ4n) is 1.93. The number of ether oxygens (including phenoxy) is 1. The molecule has 0 bridgehead atoms. The van der Waals surface area contributed by atoms with Crippen molar-refractivity contribution in [2.45, 2.75) is 38.8 Å². The maximum Gasteiger partial charge on any atom is 0.0699 e. The van der Waals surface area contributed by atoms with Gasteiger partial charge in [-0.25, -0.2) is 0 Å². The van der Waals surface area contributed by atoms with Crippen LogP contribution in [0.5, 0.6) is 0 Å². The molecule has 16 heavy (non-hydrogen) atoms. The molecule has 0 spiro atoms. The molecule has 1 aliphatic rings. The molecule has 1 N–H and O–H groups in total. The van der Waals surface area contributed by atoms with E-state index in [9.17, 15) is 0 Å². The van der Waals surface area contributed by atoms with Crippen LogP contribution in [0.1, 0.15) is 30.5 Å². The summed E-state index contributed by atoms with van der Waals surface area (Å²) in [7, 11) is 0. The van der Waals surface area contributed by atoms with Crippen LogP contribution in [-0.4, -0.2) is 24.2 Å². The van der Waals surface area contributed by atoms with Crippen LogP contribution in [0.4, 0.5) is 0 Å². The minimum absolute atomic E-state index is 0.402. The molecule has 0 amide bonds. The Morgan fingerprint density at radius 2 is 2.38 bits per heavy atom. The summed E-state index contributed by atoms with van der Waals surface area (Å²) in [5.74, 6) is 0. The van der Waals surface area contributed by atoms with Gasteiger partial charge in [-0.3, -0.25) is 4.98 Å². The summed E-state index contributed by atoms with van der Waals surface area (Å²) >= 11 is 0. The molecule has 1 aromatic rings. The van der Waals surface area contributed by atoms with Crippen molar-refractivity contribution in [2.75, 3.05) is 13.2 Å². The molecule has 1 aliphatic heterocycles. The van der Waals surface area contributed by atoms with Crippen LogP contribution >= 0.6 is 0 Å². The maximum absolute atomic E-state index is 5.65. The molecule has 0 saturated carbocycles. The standard InChI is InChI=1S/C13H20N2O/c1-11-5-6-12(15-8-11)9-14-10-13-4-2-3-7-16-13/h5-6,8,13-14H,2-4,7,9-10H2,1H3. The van der Waals surface area contributed by atoms with Crippen molar-refractivity contribution >= 4 is 0 Å². The molecule has 0 radical (unpaired) electrons. The summed E-state index contributed by atoms with van der Waals surface area (Å²) in [5, 5.41) is 3.40. The predicted octanol–water partition coefficient (Wildman–Crippen LogP) is 2.05. The van der Waals surface area contributed by atoms with Gasteiger partial charge in [0.2, 0.25) is 0 Å². The molecule has 3 nitrogen and oxygen atoms in total. The van der Waals surface area contributed by atoms with E-state index in [1.807, 2.05) is 6.20 Å². The van der Waals surface area contributed by atoms with Crippen LogP contribution in [0, 0.1) is 6.92 Å². The van der Waals surface area contributed by atoms with Crippen molar-refractivity contribution in [1.29, 1.82) is 0 Å². The SMILES string of the molecule is Cc1ccc(CNCC2CCCCO2)nc1. The second kappa shape index (κ2) is 5.97. The maximum atomic E-state index is 5.65. The van der Waals surface area contributed by atoms with Crippen molar-refractivity contribution in [3.63, 3.8) is 0 Å². The zero-order valence-corrected chi connectivity index (χ0v) is 9.91. The summed E-state index contributed by atoms with van der Waals surface area (Å²) in [6.45, 7) is 4.75. The normalized spacial score (nSPS) is 20.9. The molecule has 2 rings (SSSR count). The molecule has 3 heteroatoms. The highest BCUT2D eigenvalue weighted by atomic mass is 16.5. The van der Waals surface area contributed by atoms with E-state index >= 15 is 0 Å². The molecule has 1 unspecified atom stereocenters. The Bertz CT molecular complexity index is 304. The van der Waals surface area contributed by atoms with Crippen molar-refractivity contribution in [1.82, 2.24) is 10.3 Å². The van der Waals surface area contributed by atoms with Gasteiger partial charge in [0, 0.05) is 25.9 Å². The number of aromatic nitrogens is 1. The lowest BCUT2D eigenvalue weighted by molar-refractivity contribution is 0.0167. The fourth-order valence-corrected chi connectivity index (χ4v) is 1.93. The zero-order valence-electron chi connectivity index (χ0n) is 9.91. The highest BCUT2D eigenvalue weighted by Gasteiger charge is 2.12. The van der Waals surface area contributed by atoms with Gasteiger partial charge in [0.25, 0.3) is 0 Å². The van der Waals surface area contributed by atoms with Crippen molar-refractivity contribution in [2.24, 2.45) is 0 Å². The Kier molecular flexibility index (Phi) is 4.31. The molecule has 1 aromatic heterocycles. The van der Waals surface area contributed by atoms with Crippen molar-refractivity contribution < 1.29 is 4.74 Å². The van der Waals surface area contributed by atoms with Gasteiger partial charge in [0.1, 0.15) is 0 Å². The fraction of sp³-hybridized carbons (Fsp3) is 0.615. The molecule has 0 aliphatic carbocycles. The van der Waals surface area contributed by atoms with Crippen LogP contribution in [0.25, 0.3) is 0 Å². The van der Waals surface area contributed by atoms with Gasteiger partial charge in [0.15, 0.2) is 0 Å². The second-order valence-corrected chi connectivity index (χ2v) is 4.45. The van der Waals surface area contributed by atoms with E-state index in [0.717, 1.165) is 25.4 Å². The van der Waals surface area contributed by atoms with E-state index < -0.39 is 0 Å². The highest BCUT2D eigenvalue weighted by Crippen LogP contribution is 2.11. The van der Waals surface area contributed by atoms with Gasteiger partial charge >= 0.3 is 0 Å². The molecule has 1 saturated heterocycles. The van der Waals surface area contributed by atoms with Gasteiger partial charge in [-0.15, -0.1) is 0 Å². The molecular formula is C13H20N2O.